The molecule has 1 aliphatic heterocycles. The predicted octanol–water partition coefficient (Wildman–Crippen LogP) is 6.50. The van der Waals surface area contributed by atoms with Gasteiger partial charge in [-0.05, 0) is 75.0 Å². The van der Waals surface area contributed by atoms with Gasteiger partial charge in [-0.25, -0.2) is 0 Å². The molecule has 4 aromatic rings. The molecule has 0 unspecified atom stereocenters. The van der Waals surface area contributed by atoms with Crippen LogP contribution in [0.15, 0.2) is 96.1 Å². The molecule has 4 aromatic carbocycles. The maximum Gasteiger partial charge on any atom is 0.254 e. The summed E-state index contributed by atoms with van der Waals surface area (Å²) in [4.78, 5) is 27.7. The summed E-state index contributed by atoms with van der Waals surface area (Å²) in [7, 11) is 0. The first-order valence-electron chi connectivity index (χ1n) is 13.8. The van der Waals surface area contributed by atoms with Gasteiger partial charge in [-0.15, -0.1) is 0 Å². The highest BCUT2D eigenvalue weighted by Crippen LogP contribution is 2.61. The second kappa shape index (κ2) is 10.4. The largest absolute Gasteiger partial charge is 0.490 e. The third-order valence-electron chi connectivity index (χ3n) is 8.31. The Morgan fingerprint density at radius 3 is 1.85 bits per heavy atom. The van der Waals surface area contributed by atoms with E-state index < -0.39 is 11.8 Å². The summed E-state index contributed by atoms with van der Waals surface area (Å²) in [5, 5.41) is 5.57. The van der Waals surface area contributed by atoms with E-state index in [-0.39, 0.29) is 23.7 Å². The van der Waals surface area contributed by atoms with Crippen LogP contribution in [0, 0.1) is 15.4 Å². The zero-order chi connectivity index (χ0) is 28.1. The van der Waals surface area contributed by atoms with Crippen LogP contribution >= 0.6 is 22.6 Å². The molecule has 4 aliphatic rings. The first-order valence-corrected chi connectivity index (χ1v) is 14.9. The first kappa shape index (κ1) is 26.0. The van der Waals surface area contributed by atoms with Crippen molar-refractivity contribution in [2.45, 2.75) is 25.4 Å². The van der Waals surface area contributed by atoms with Crippen LogP contribution in [-0.4, -0.2) is 29.6 Å². The highest BCUT2D eigenvalue weighted by atomic mass is 127. The molecule has 3 aliphatic carbocycles. The molecule has 2 amide bonds. The molecule has 0 aromatic heterocycles. The van der Waals surface area contributed by atoms with Gasteiger partial charge < -0.3 is 9.47 Å². The van der Waals surface area contributed by atoms with Gasteiger partial charge in [-0.3, -0.25) is 9.59 Å². The summed E-state index contributed by atoms with van der Waals surface area (Å²) in [6.07, 6.45) is 1.57. The molecule has 2 atom stereocenters. The minimum absolute atomic E-state index is 0.152. The lowest BCUT2D eigenvalue weighted by Gasteiger charge is -2.45. The summed E-state index contributed by atoms with van der Waals surface area (Å²) in [6, 6.07) is 30.2. The van der Waals surface area contributed by atoms with E-state index in [9.17, 15) is 9.59 Å². The van der Waals surface area contributed by atoms with Crippen LogP contribution in [-0.2, 0) is 16.2 Å². The van der Waals surface area contributed by atoms with E-state index in [0.717, 1.165) is 42.0 Å². The Morgan fingerprint density at radius 1 is 0.780 bits per heavy atom. The van der Waals surface area contributed by atoms with Gasteiger partial charge in [0.15, 0.2) is 11.5 Å². The van der Waals surface area contributed by atoms with Crippen LogP contribution in [0.4, 0.5) is 0 Å². The van der Waals surface area contributed by atoms with Crippen molar-refractivity contribution in [3.05, 3.63) is 128 Å². The molecular formula is C34H27IN2O4. The molecule has 1 saturated heterocycles. The monoisotopic (exact) mass is 654 g/mol. The molecule has 2 bridgehead atoms. The summed E-state index contributed by atoms with van der Waals surface area (Å²) in [6.45, 7) is 2.80. The number of amides is 2. The highest BCUT2D eigenvalue weighted by Gasteiger charge is 2.61. The van der Waals surface area contributed by atoms with Crippen molar-refractivity contribution in [3.8, 4) is 11.5 Å². The number of hydrogen-bond acceptors (Lipinski definition) is 5. The van der Waals surface area contributed by atoms with Crippen LogP contribution in [0.5, 0.6) is 11.5 Å². The van der Waals surface area contributed by atoms with Crippen LogP contribution in [0.1, 0.15) is 52.1 Å². The number of ether oxygens (including phenoxy) is 2. The molecule has 6 nitrogen and oxygen atoms in total. The Labute approximate surface area is 252 Å². The van der Waals surface area contributed by atoms with Gasteiger partial charge in [0.2, 0.25) is 0 Å². The van der Waals surface area contributed by atoms with E-state index in [1.165, 1.54) is 0 Å². The smallest absolute Gasteiger partial charge is 0.254 e. The fourth-order valence-corrected chi connectivity index (χ4v) is 7.48. The van der Waals surface area contributed by atoms with E-state index in [1.54, 1.807) is 6.21 Å². The Kier molecular flexibility index (Phi) is 6.61. The highest BCUT2D eigenvalue weighted by molar-refractivity contribution is 14.1. The number of rotatable bonds is 7. The topological polar surface area (TPSA) is 68.2 Å². The van der Waals surface area contributed by atoms with Crippen molar-refractivity contribution in [1.29, 1.82) is 0 Å². The van der Waals surface area contributed by atoms with E-state index in [4.69, 9.17) is 9.47 Å². The van der Waals surface area contributed by atoms with Crippen molar-refractivity contribution >= 4 is 40.6 Å². The normalized spacial score (nSPS) is 22.0. The zero-order valence-corrected chi connectivity index (χ0v) is 24.5. The fourth-order valence-electron chi connectivity index (χ4n) is 6.70. The molecule has 41 heavy (non-hydrogen) atoms. The third kappa shape index (κ3) is 4.25. The van der Waals surface area contributed by atoms with Gasteiger partial charge in [0, 0.05) is 11.8 Å². The predicted molar refractivity (Wildman–Crippen MR) is 164 cm³/mol. The molecule has 7 heteroatoms. The van der Waals surface area contributed by atoms with E-state index in [1.807, 2.05) is 73.7 Å². The lowest BCUT2D eigenvalue weighted by Crippen LogP contribution is -2.41. The average Bonchev–Trinajstić information content (AvgIpc) is 3.25. The minimum Gasteiger partial charge on any atom is -0.490 e. The molecule has 0 saturated carbocycles. The second-order valence-electron chi connectivity index (χ2n) is 10.5. The molecule has 8 rings (SSSR count). The number of carbonyl (C=O) groups is 2. The lowest BCUT2D eigenvalue weighted by molar-refractivity contribution is -0.139. The minimum atomic E-state index is -0.456. The van der Waals surface area contributed by atoms with Crippen molar-refractivity contribution in [3.63, 3.8) is 0 Å². The van der Waals surface area contributed by atoms with Gasteiger partial charge in [-0.1, -0.05) is 78.9 Å². The lowest BCUT2D eigenvalue weighted by atomic mass is 9.55. The van der Waals surface area contributed by atoms with Gasteiger partial charge in [0.05, 0.1) is 28.2 Å². The standard InChI is InChI=1S/C34H27IN2O4/c1-2-40-27-17-21(16-26(35)32(27)41-19-20-10-4-3-5-11-20)18-36-37-33(38)30-28-22-12-6-7-13-23(22)29(31(30)34(37)39)25-15-9-8-14-24(25)28/h3-18,28-31H,2,19H2,1H3/b36-18-/t28?,29?,30-,31-/m1/s1. The van der Waals surface area contributed by atoms with Gasteiger partial charge in [0.1, 0.15) is 6.61 Å². The number of hydrogen-bond donors (Lipinski definition) is 0. The summed E-state index contributed by atoms with van der Waals surface area (Å²) in [5.74, 6) is -0.449. The zero-order valence-electron chi connectivity index (χ0n) is 22.4. The maximum atomic E-state index is 13.8. The van der Waals surface area contributed by atoms with Crippen molar-refractivity contribution < 1.29 is 19.1 Å². The van der Waals surface area contributed by atoms with E-state index in [2.05, 4.69) is 52.0 Å². The molecule has 1 fully saturated rings. The summed E-state index contributed by atoms with van der Waals surface area (Å²) >= 11 is 2.22. The number of halogens is 1. The number of nitrogens with zero attached hydrogens (tertiary/aromatic N) is 2. The van der Waals surface area contributed by atoms with Crippen LogP contribution in [0.2, 0.25) is 0 Å². The number of imide groups is 1. The second-order valence-corrected chi connectivity index (χ2v) is 11.7. The van der Waals surface area contributed by atoms with Crippen molar-refractivity contribution in [2.24, 2.45) is 16.9 Å². The van der Waals surface area contributed by atoms with Crippen molar-refractivity contribution in [2.75, 3.05) is 6.61 Å². The Bertz CT molecular complexity index is 1590. The fraction of sp³-hybridized carbons (Fsp3) is 0.206. The third-order valence-corrected chi connectivity index (χ3v) is 9.11. The van der Waals surface area contributed by atoms with E-state index >= 15 is 0 Å². The summed E-state index contributed by atoms with van der Waals surface area (Å²) in [5.41, 5.74) is 6.35. The number of carbonyl (C=O) groups excluding carboxylic acids is 2. The van der Waals surface area contributed by atoms with Crippen LogP contribution in [0.3, 0.4) is 0 Å². The maximum absolute atomic E-state index is 13.8. The van der Waals surface area contributed by atoms with Gasteiger partial charge in [-0.2, -0.15) is 10.1 Å². The molecule has 204 valence electrons. The van der Waals surface area contributed by atoms with Crippen LogP contribution in [0.25, 0.3) is 0 Å². The molecule has 0 N–H and O–H groups in total. The van der Waals surface area contributed by atoms with Crippen LogP contribution < -0.4 is 9.47 Å². The number of benzene rings is 4. The Morgan fingerprint density at radius 2 is 1.32 bits per heavy atom. The Hall–Kier alpha value is -3.98. The average molecular weight is 655 g/mol. The molecule has 1 heterocycles. The molecular weight excluding hydrogens is 627 g/mol. The van der Waals surface area contributed by atoms with E-state index in [0.29, 0.717) is 24.7 Å². The molecule has 0 radical (unpaired) electrons. The van der Waals surface area contributed by atoms with Gasteiger partial charge >= 0.3 is 0 Å². The van der Waals surface area contributed by atoms with Crippen molar-refractivity contribution in [1.82, 2.24) is 5.01 Å². The SMILES string of the molecule is CCOc1cc(/C=N\N2C(=O)[C@@H]3C4c5ccccc5C(c5ccccc54)[C@H]3C2=O)cc(I)c1OCc1ccccc1. The van der Waals surface area contributed by atoms with Gasteiger partial charge in [0.25, 0.3) is 11.8 Å². The quantitative estimate of drug-likeness (QED) is 0.130. The number of hydrazone groups is 1. The Balaban J connectivity index is 1.19. The molecule has 0 spiro atoms. The summed E-state index contributed by atoms with van der Waals surface area (Å²) < 4.78 is 12.9. The first-order chi connectivity index (χ1) is 20.1.